The lowest BCUT2D eigenvalue weighted by Crippen LogP contribution is -2.73. The molecule has 6 N–H and O–H groups in total. The third-order valence-electron chi connectivity index (χ3n) is 5.30. The Kier molecular flexibility index (Phi) is 8.82. The minimum atomic E-state index is -4.96. The summed E-state index contributed by atoms with van der Waals surface area (Å²) in [5.41, 5.74) is 8.55. The molecule has 2 amide bonds. The Labute approximate surface area is 233 Å². The van der Waals surface area contributed by atoms with E-state index in [1.165, 1.54) is 30.1 Å². The number of β-lactam (4-membered cyclic amide) rings is 1. The number of amides is 2. The number of rotatable bonds is 11. The Morgan fingerprint density at radius 1 is 1.27 bits per heavy atom. The van der Waals surface area contributed by atoms with E-state index in [9.17, 15) is 27.4 Å². The highest BCUT2D eigenvalue weighted by Gasteiger charge is 2.54. The molecule has 0 saturated carbocycles. The fraction of sp³-hybridized carbons (Fsp3) is 0.571. The summed E-state index contributed by atoms with van der Waals surface area (Å²) in [7, 11) is -4.96. The largest absolute Gasteiger partial charge is 0.457 e. The van der Waals surface area contributed by atoms with Gasteiger partial charge in [0.2, 0.25) is 5.60 Å². The molecular formula is C21H31N9O8S2. The first kappa shape index (κ1) is 30.9. The lowest BCUT2D eigenvalue weighted by Gasteiger charge is -2.43. The second kappa shape index (κ2) is 11.4. The van der Waals surface area contributed by atoms with Crippen LogP contribution in [-0.4, -0.2) is 90.6 Å². The van der Waals surface area contributed by atoms with Crippen LogP contribution in [0.1, 0.15) is 46.0 Å². The topological polar surface area (TPSA) is 247 Å². The number of carbonyl (C=O) groups excluding carboxylic acids is 3. The van der Waals surface area contributed by atoms with E-state index in [0.29, 0.717) is 6.54 Å². The summed E-state index contributed by atoms with van der Waals surface area (Å²) in [5, 5.41) is 15.5. The molecular weight excluding hydrogens is 570 g/mol. The van der Waals surface area contributed by atoms with Crippen LogP contribution in [0.4, 0.5) is 5.13 Å². The number of nitrogens with one attached hydrogen (secondary N) is 1. The molecule has 1 saturated heterocycles. The number of hydrogen-bond donors (Lipinski definition) is 4. The van der Waals surface area contributed by atoms with E-state index in [4.69, 9.17) is 21.0 Å². The molecule has 2 aromatic rings. The van der Waals surface area contributed by atoms with Gasteiger partial charge in [0, 0.05) is 24.5 Å². The molecule has 17 nitrogen and oxygen atoms in total. The van der Waals surface area contributed by atoms with Gasteiger partial charge in [-0.05, 0) is 34.6 Å². The summed E-state index contributed by atoms with van der Waals surface area (Å²) in [6, 6.07) is -2.65. The number of thiazole rings is 1. The fourth-order valence-electron chi connectivity index (χ4n) is 3.46. The number of oxime groups is 1. The maximum atomic E-state index is 13.3. The van der Waals surface area contributed by atoms with Gasteiger partial charge in [0.1, 0.15) is 17.3 Å². The van der Waals surface area contributed by atoms with E-state index in [1.807, 2.05) is 0 Å². The SMILES string of the molecule is CC(C)(C)OC(=O)C(C)(C)O/N=C(\C(=O)N[C@@H]1C(=O)N(S(=O)(=O)O)[C@@H]1Cc1cn(CCN)nn1)c1csc(N)n1. The predicted molar refractivity (Wildman–Crippen MR) is 141 cm³/mol. The van der Waals surface area contributed by atoms with Crippen LogP contribution in [0, 0.1) is 0 Å². The van der Waals surface area contributed by atoms with Crippen LogP contribution >= 0.6 is 11.3 Å². The van der Waals surface area contributed by atoms with Crippen LogP contribution in [0.5, 0.6) is 0 Å². The maximum Gasteiger partial charge on any atom is 0.362 e. The van der Waals surface area contributed by atoms with E-state index in [1.54, 1.807) is 20.8 Å². The van der Waals surface area contributed by atoms with Crippen LogP contribution in [0.3, 0.4) is 0 Å². The van der Waals surface area contributed by atoms with E-state index in [2.05, 4.69) is 25.8 Å². The van der Waals surface area contributed by atoms with Gasteiger partial charge in [0.05, 0.1) is 18.3 Å². The number of esters is 1. The third kappa shape index (κ3) is 7.29. The third-order valence-corrected chi connectivity index (χ3v) is 6.92. The average Bonchev–Trinajstić information content (AvgIpc) is 3.44. The van der Waals surface area contributed by atoms with Crippen molar-refractivity contribution < 1.29 is 36.9 Å². The second-order valence-electron chi connectivity index (χ2n) is 10.2. The Balaban J connectivity index is 1.87. The van der Waals surface area contributed by atoms with Crippen molar-refractivity contribution in [3.63, 3.8) is 0 Å². The molecule has 1 aliphatic heterocycles. The highest BCUT2D eigenvalue weighted by atomic mass is 32.2. The number of carbonyl (C=O) groups is 3. The number of ether oxygens (including phenoxy) is 1. The van der Waals surface area contributed by atoms with Crippen LogP contribution in [-0.2, 0) is 47.2 Å². The number of anilines is 1. The van der Waals surface area contributed by atoms with Crippen molar-refractivity contribution in [2.45, 2.75) is 70.9 Å². The molecule has 2 aromatic heterocycles. The standard InChI is InChI=1S/C21H31N9O8S2/c1-20(2,3)37-18(33)21(4,5)38-27-14(12-10-39-19(23)24-12)16(31)25-15-13(30(17(15)32)40(34,35)36)8-11-9-29(7-6-22)28-26-11/h9-10,13,15H,6-8,22H2,1-5H3,(H2,23,24)(H,25,31)(H,34,35,36)/b27-14-/t13-,15+/m1/s1. The van der Waals surface area contributed by atoms with Gasteiger partial charge >= 0.3 is 16.3 Å². The normalized spacial score (nSPS) is 18.3. The highest BCUT2D eigenvalue weighted by Crippen LogP contribution is 2.27. The van der Waals surface area contributed by atoms with Crippen molar-refractivity contribution in [2.24, 2.45) is 10.9 Å². The summed E-state index contributed by atoms with van der Waals surface area (Å²) >= 11 is 0.994. The van der Waals surface area contributed by atoms with Gasteiger partial charge in [0.15, 0.2) is 10.8 Å². The van der Waals surface area contributed by atoms with Crippen molar-refractivity contribution in [2.75, 3.05) is 12.3 Å². The van der Waals surface area contributed by atoms with E-state index in [-0.39, 0.29) is 33.8 Å². The van der Waals surface area contributed by atoms with Crippen LogP contribution in [0.15, 0.2) is 16.7 Å². The molecule has 0 unspecified atom stereocenters. The summed E-state index contributed by atoms with van der Waals surface area (Å²) < 4.78 is 40.3. The monoisotopic (exact) mass is 601 g/mol. The minimum absolute atomic E-state index is 0.0281. The number of aromatic nitrogens is 4. The van der Waals surface area contributed by atoms with Crippen molar-refractivity contribution in [3.05, 3.63) is 23.0 Å². The molecule has 0 radical (unpaired) electrons. The summed E-state index contributed by atoms with van der Waals surface area (Å²) in [6.45, 7) is 8.38. The van der Waals surface area contributed by atoms with Crippen LogP contribution in [0.2, 0.25) is 0 Å². The van der Waals surface area contributed by atoms with E-state index >= 15 is 0 Å². The van der Waals surface area contributed by atoms with Gasteiger partial charge in [-0.1, -0.05) is 10.4 Å². The Morgan fingerprint density at radius 3 is 2.50 bits per heavy atom. The fourth-order valence-corrected chi connectivity index (χ4v) is 4.89. The molecule has 0 spiro atoms. The summed E-state index contributed by atoms with van der Waals surface area (Å²) in [5.74, 6) is -2.85. The molecule has 19 heteroatoms. The molecule has 0 aromatic carbocycles. The van der Waals surface area contributed by atoms with Crippen molar-refractivity contribution >= 4 is 50.3 Å². The number of nitrogen functional groups attached to an aromatic ring is 1. The van der Waals surface area contributed by atoms with Gasteiger partial charge in [-0.25, -0.2) is 14.1 Å². The zero-order valence-corrected chi connectivity index (χ0v) is 24.0. The summed E-state index contributed by atoms with van der Waals surface area (Å²) in [6.07, 6.45) is 1.31. The van der Waals surface area contributed by atoms with Gasteiger partial charge < -0.3 is 26.4 Å². The number of nitrogens with two attached hydrogens (primary N) is 2. The van der Waals surface area contributed by atoms with Gasteiger partial charge in [-0.3, -0.25) is 18.8 Å². The quantitative estimate of drug-likeness (QED) is 0.0782. The van der Waals surface area contributed by atoms with Crippen molar-refractivity contribution in [1.82, 2.24) is 29.6 Å². The molecule has 3 rings (SSSR count). The van der Waals surface area contributed by atoms with Crippen LogP contribution in [0.25, 0.3) is 0 Å². The predicted octanol–water partition coefficient (Wildman–Crippen LogP) is -1.14. The first-order valence-corrected chi connectivity index (χ1v) is 14.1. The average molecular weight is 602 g/mol. The summed E-state index contributed by atoms with van der Waals surface area (Å²) in [4.78, 5) is 48.0. The zero-order chi connectivity index (χ0) is 30.0. The number of hydrogen-bond acceptors (Lipinski definition) is 14. The highest BCUT2D eigenvalue weighted by molar-refractivity contribution is 7.84. The van der Waals surface area contributed by atoms with Gasteiger partial charge in [-0.15, -0.1) is 16.4 Å². The molecule has 40 heavy (non-hydrogen) atoms. The van der Waals surface area contributed by atoms with Gasteiger partial charge in [0.25, 0.3) is 11.8 Å². The minimum Gasteiger partial charge on any atom is -0.457 e. The molecule has 2 atom stereocenters. The molecule has 0 bridgehead atoms. The lowest BCUT2D eigenvalue weighted by molar-refractivity contribution is -0.179. The van der Waals surface area contributed by atoms with Crippen molar-refractivity contribution in [3.8, 4) is 0 Å². The Bertz CT molecular complexity index is 1410. The molecule has 220 valence electrons. The molecule has 0 aliphatic carbocycles. The van der Waals surface area contributed by atoms with E-state index in [0.717, 1.165) is 11.3 Å². The maximum absolute atomic E-state index is 13.3. The molecule has 1 aliphatic rings. The van der Waals surface area contributed by atoms with Crippen molar-refractivity contribution in [1.29, 1.82) is 0 Å². The first-order valence-electron chi connectivity index (χ1n) is 11.8. The second-order valence-corrected chi connectivity index (χ2v) is 12.4. The number of nitrogens with zero attached hydrogens (tertiary/aromatic N) is 6. The first-order chi connectivity index (χ1) is 18.4. The zero-order valence-electron chi connectivity index (χ0n) is 22.4. The Morgan fingerprint density at radius 2 is 1.95 bits per heavy atom. The van der Waals surface area contributed by atoms with Gasteiger partial charge in [-0.2, -0.15) is 8.42 Å². The van der Waals surface area contributed by atoms with E-state index < -0.39 is 57.1 Å². The molecule has 1 fully saturated rings. The van der Waals surface area contributed by atoms with Crippen LogP contribution < -0.4 is 16.8 Å². The molecule has 3 heterocycles. The lowest BCUT2D eigenvalue weighted by atomic mass is 9.94. The smallest absolute Gasteiger partial charge is 0.362 e. The Hall–Kier alpha value is -3.68.